The molecule has 0 aliphatic rings. The molecule has 4 aromatic carbocycles. The van der Waals surface area contributed by atoms with Gasteiger partial charge in [0.2, 0.25) is 17.2 Å². The average molecular weight is 454 g/mol. The number of hydrogen-bond acceptors (Lipinski definition) is 6. The van der Waals surface area contributed by atoms with Crippen molar-refractivity contribution in [3.05, 3.63) is 71.2 Å². The molecule has 0 fully saturated rings. The molecule has 0 aromatic heterocycles. The molecule has 0 unspecified atom stereocenters. The van der Waals surface area contributed by atoms with E-state index in [-0.39, 0.29) is 5.69 Å². The highest BCUT2D eigenvalue weighted by molar-refractivity contribution is 9.10. The van der Waals surface area contributed by atoms with Crippen LogP contribution in [-0.2, 0) is 0 Å². The molecule has 5 N–H and O–H groups in total. The van der Waals surface area contributed by atoms with E-state index >= 15 is 0 Å². The third-order valence-corrected chi connectivity index (χ3v) is 5.12. The Bertz CT molecular complexity index is 1200. The van der Waals surface area contributed by atoms with Crippen molar-refractivity contribution in [2.75, 3.05) is 4.90 Å². The van der Waals surface area contributed by atoms with Crippen LogP contribution < -0.4 is 4.90 Å². The van der Waals surface area contributed by atoms with Crippen molar-refractivity contribution in [3.8, 4) is 28.7 Å². The first-order valence-electron chi connectivity index (χ1n) is 8.61. The standard InChI is InChI=1S/C22H16BrNO5/c23-14-8-6-13-11-16(9-7-12(13)10-14)24(15-4-2-1-3-5-15)17-18(25)20(27)22(29)21(28)19(17)26/h1-11,25-29H. The predicted octanol–water partition coefficient (Wildman–Crippen LogP) is 5.60. The number of benzene rings is 4. The Morgan fingerprint density at radius 1 is 0.552 bits per heavy atom. The fraction of sp³-hybridized carbons (Fsp3) is 0. The Morgan fingerprint density at radius 3 is 1.76 bits per heavy atom. The zero-order valence-corrected chi connectivity index (χ0v) is 16.5. The summed E-state index contributed by atoms with van der Waals surface area (Å²) in [6, 6.07) is 20.1. The molecule has 0 aliphatic heterocycles. The third kappa shape index (κ3) is 3.15. The number of halogens is 1. The summed E-state index contributed by atoms with van der Waals surface area (Å²) in [7, 11) is 0. The summed E-state index contributed by atoms with van der Waals surface area (Å²) in [5, 5.41) is 52.7. The maximum absolute atomic E-state index is 10.5. The van der Waals surface area contributed by atoms with Crippen LogP contribution in [0.4, 0.5) is 17.1 Å². The van der Waals surface area contributed by atoms with Gasteiger partial charge in [-0.3, -0.25) is 0 Å². The molecule has 7 heteroatoms. The maximum atomic E-state index is 10.5. The van der Waals surface area contributed by atoms with Gasteiger partial charge in [-0.25, -0.2) is 0 Å². The first kappa shape index (κ1) is 18.8. The monoisotopic (exact) mass is 453 g/mol. The third-order valence-electron chi connectivity index (χ3n) is 4.63. The van der Waals surface area contributed by atoms with E-state index in [1.165, 1.54) is 4.90 Å². The molecular weight excluding hydrogens is 438 g/mol. The highest BCUT2D eigenvalue weighted by Crippen LogP contribution is 2.57. The summed E-state index contributed by atoms with van der Waals surface area (Å²) >= 11 is 3.44. The molecule has 6 nitrogen and oxygen atoms in total. The van der Waals surface area contributed by atoms with Crippen molar-refractivity contribution in [2.24, 2.45) is 0 Å². The van der Waals surface area contributed by atoms with Crippen LogP contribution in [0.3, 0.4) is 0 Å². The molecule has 0 bridgehead atoms. The number of hydrogen-bond donors (Lipinski definition) is 5. The van der Waals surface area contributed by atoms with E-state index in [2.05, 4.69) is 15.9 Å². The van der Waals surface area contributed by atoms with Crippen LogP contribution in [-0.4, -0.2) is 25.5 Å². The minimum atomic E-state index is -1.000. The van der Waals surface area contributed by atoms with Crippen LogP contribution in [0.2, 0.25) is 0 Å². The Kier molecular flexibility index (Phi) is 4.60. The molecule has 0 atom stereocenters. The molecule has 29 heavy (non-hydrogen) atoms. The first-order chi connectivity index (χ1) is 13.9. The molecule has 0 amide bonds. The van der Waals surface area contributed by atoms with Gasteiger partial charge < -0.3 is 30.4 Å². The SMILES string of the molecule is Oc1c(O)c(O)c(N(c2ccccc2)c2ccc3cc(Br)ccc3c2)c(O)c1O. The lowest BCUT2D eigenvalue weighted by atomic mass is 10.1. The van der Waals surface area contributed by atoms with Crippen LogP contribution in [0.1, 0.15) is 0 Å². The molecular formula is C22H16BrNO5. The Labute approximate surface area is 174 Å². The van der Waals surface area contributed by atoms with Crippen LogP contribution in [0, 0.1) is 0 Å². The second kappa shape index (κ2) is 7.10. The van der Waals surface area contributed by atoms with Gasteiger partial charge in [-0.15, -0.1) is 0 Å². The van der Waals surface area contributed by atoms with Gasteiger partial charge in [0.05, 0.1) is 0 Å². The molecule has 0 spiro atoms. The molecule has 0 saturated carbocycles. The van der Waals surface area contributed by atoms with E-state index < -0.39 is 28.7 Å². The molecule has 0 saturated heterocycles. The highest BCUT2D eigenvalue weighted by atomic mass is 79.9. The van der Waals surface area contributed by atoms with Gasteiger partial charge >= 0.3 is 0 Å². The van der Waals surface area contributed by atoms with E-state index in [0.29, 0.717) is 11.4 Å². The van der Waals surface area contributed by atoms with Gasteiger partial charge in [-0.2, -0.15) is 0 Å². The van der Waals surface area contributed by atoms with Gasteiger partial charge in [0.15, 0.2) is 11.5 Å². The average Bonchev–Trinajstić information content (AvgIpc) is 2.74. The summed E-state index contributed by atoms with van der Waals surface area (Å²) in [5.74, 6) is -4.39. The van der Waals surface area contributed by atoms with Crippen molar-refractivity contribution in [3.63, 3.8) is 0 Å². The number of rotatable bonds is 3. The number of para-hydroxylation sites is 1. The number of anilines is 3. The van der Waals surface area contributed by atoms with E-state index in [1.54, 1.807) is 30.3 Å². The number of aromatic hydroxyl groups is 5. The minimum absolute atomic E-state index is 0.263. The minimum Gasteiger partial charge on any atom is -0.503 e. The molecule has 0 aliphatic carbocycles. The molecule has 0 heterocycles. The lowest BCUT2D eigenvalue weighted by Gasteiger charge is -2.27. The maximum Gasteiger partial charge on any atom is 0.208 e. The van der Waals surface area contributed by atoms with Gasteiger partial charge in [0.25, 0.3) is 0 Å². The van der Waals surface area contributed by atoms with Crippen LogP contribution in [0.15, 0.2) is 71.2 Å². The van der Waals surface area contributed by atoms with E-state index in [9.17, 15) is 25.5 Å². The van der Waals surface area contributed by atoms with Gasteiger partial charge in [0.1, 0.15) is 5.69 Å². The normalized spacial score (nSPS) is 10.9. The van der Waals surface area contributed by atoms with E-state index in [4.69, 9.17) is 0 Å². The highest BCUT2D eigenvalue weighted by Gasteiger charge is 2.29. The van der Waals surface area contributed by atoms with Gasteiger partial charge in [-0.1, -0.05) is 46.3 Å². The molecule has 146 valence electrons. The summed E-state index contributed by atoms with van der Waals surface area (Å²) in [6.45, 7) is 0. The Hall–Kier alpha value is -3.58. The molecule has 0 radical (unpaired) electrons. The number of phenolic OH excluding ortho intramolecular Hbond substituents is 5. The predicted molar refractivity (Wildman–Crippen MR) is 115 cm³/mol. The molecule has 4 aromatic rings. The largest absolute Gasteiger partial charge is 0.503 e. The summed E-state index contributed by atoms with van der Waals surface area (Å²) in [4.78, 5) is 1.48. The van der Waals surface area contributed by atoms with Crippen LogP contribution in [0.5, 0.6) is 28.7 Å². The van der Waals surface area contributed by atoms with Crippen molar-refractivity contribution >= 4 is 43.8 Å². The van der Waals surface area contributed by atoms with Crippen molar-refractivity contribution < 1.29 is 25.5 Å². The fourth-order valence-electron chi connectivity index (χ4n) is 3.21. The number of fused-ring (bicyclic) bond motifs is 1. The lowest BCUT2D eigenvalue weighted by Crippen LogP contribution is -2.10. The van der Waals surface area contributed by atoms with Crippen LogP contribution in [0.25, 0.3) is 10.8 Å². The van der Waals surface area contributed by atoms with Crippen molar-refractivity contribution in [2.45, 2.75) is 0 Å². The Morgan fingerprint density at radius 2 is 1.10 bits per heavy atom. The second-order valence-electron chi connectivity index (χ2n) is 6.44. The zero-order valence-electron chi connectivity index (χ0n) is 14.9. The summed E-state index contributed by atoms with van der Waals surface area (Å²) < 4.78 is 0.932. The van der Waals surface area contributed by atoms with E-state index in [0.717, 1.165) is 15.2 Å². The van der Waals surface area contributed by atoms with Gasteiger partial charge in [-0.05, 0) is 47.2 Å². The second-order valence-corrected chi connectivity index (χ2v) is 7.35. The molecule has 4 rings (SSSR count). The van der Waals surface area contributed by atoms with E-state index in [1.807, 2.05) is 36.4 Å². The quantitative estimate of drug-likeness (QED) is 0.204. The summed E-state index contributed by atoms with van der Waals surface area (Å²) in [5.41, 5.74) is 0.848. The van der Waals surface area contributed by atoms with Crippen molar-refractivity contribution in [1.82, 2.24) is 0 Å². The Balaban J connectivity index is 2.02. The number of phenols is 5. The lowest BCUT2D eigenvalue weighted by molar-refractivity contribution is 0.329. The number of nitrogens with zero attached hydrogens (tertiary/aromatic N) is 1. The topological polar surface area (TPSA) is 104 Å². The smallest absolute Gasteiger partial charge is 0.208 e. The van der Waals surface area contributed by atoms with Gasteiger partial charge in [0, 0.05) is 15.8 Å². The van der Waals surface area contributed by atoms with Crippen LogP contribution >= 0.6 is 15.9 Å². The summed E-state index contributed by atoms with van der Waals surface area (Å²) in [6.07, 6.45) is 0. The first-order valence-corrected chi connectivity index (χ1v) is 9.41. The fourth-order valence-corrected chi connectivity index (χ4v) is 3.59. The zero-order chi connectivity index (χ0) is 20.7. The van der Waals surface area contributed by atoms with Crippen molar-refractivity contribution in [1.29, 1.82) is 0 Å².